The molecule has 8 aromatic carbocycles. The van der Waals surface area contributed by atoms with Crippen LogP contribution in [-0.4, -0.2) is 0 Å². The number of aryl methyl sites for hydroxylation is 2. The maximum Gasteiger partial charge on any atom is 0.0725 e. The highest BCUT2D eigenvalue weighted by molar-refractivity contribution is 5.95. The Bertz CT molecular complexity index is 2800. The molecular weight excluding hydrogens is 1030 g/mol. The lowest BCUT2D eigenvalue weighted by atomic mass is 9.67. The molecule has 0 bridgehead atoms. The lowest BCUT2D eigenvalue weighted by Gasteiger charge is -2.34. The van der Waals surface area contributed by atoms with Crippen molar-refractivity contribution in [2.24, 2.45) is 23.2 Å². The zero-order chi connectivity index (χ0) is 63.0. The molecule has 0 saturated heterocycles. The van der Waals surface area contributed by atoms with E-state index in [4.69, 9.17) is 0 Å². The van der Waals surface area contributed by atoms with Gasteiger partial charge in [-0.15, -0.1) is 0 Å². The van der Waals surface area contributed by atoms with Gasteiger partial charge in [-0.1, -0.05) is 410 Å². The lowest BCUT2D eigenvalue weighted by molar-refractivity contribution is 0.469. The van der Waals surface area contributed by atoms with Crippen molar-refractivity contribution >= 4 is 0 Å². The Hall–Kier alpha value is -6.24. The summed E-state index contributed by atoms with van der Waals surface area (Å²) in [5.41, 5.74) is 21.9. The zero-order valence-electron chi connectivity index (χ0n) is 57.7. The second-order valence-electron chi connectivity index (χ2n) is 25.2. The summed E-state index contributed by atoms with van der Waals surface area (Å²) in [6.07, 6.45) is 9.33. The second-order valence-corrected chi connectivity index (χ2v) is 25.2. The van der Waals surface area contributed by atoms with Gasteiger partial charge in [0, 0.05) is 0 Å². The van der Waals surface area contributed by atoms with Crippen molar-refractivity contribution in [2.75, 3.05) is 0 Å². The van der Waals surface area contributed by atoms with E-state index < -0.39 is 0 Å². The third-order valence-corrected chi connectivity index (χ3v) is 14.6. The van der Waals surface area contributed by atoms with Crippen molar-refractivity contribution in [3.63, 3.8) is 0 Å². The van der Waals surface area contributed by atoms with E-state index in [1.165, 1.54) is 134 Å². The van der Waals surface area contributed by atoms with Crippen LogP contribution in [0, 0.1) is 37.0 Å². The van der Waals surface area contributed by atoms with E-state index in [9.17, 15) is 0 Å². The summed E-state index contributed by atoms with van der Waals surface area (Å²) in [7, 11) is 0. The van der Waals surface area contributed by atoms with E-state index in [-0.39, 0.29) is 25.7 Å². The summed E-state index contributed by atoms with van der Waals surface area (Å²) in [6, 6.07) is 71.4. The third-order valence-electron chi connectivity index (χ3n) is 14.6. The Balaban J connectivity index is 0.00000111. The monoisotopic (exact) mass is 1160 g/mol. The van der Waals surface area contributed by atoms with Crippen molar-refractivity contribution in [1.82, 2.24) is 0 Å². The first-order valence-electron chi connectivity index (χ1n) is 33.0. The van der Waals surface area contributed by atoms with Gasteiger partial charge in [-0.3, -0.25) is 0 Å². The Morgan fingerprint density at radius 2 is 0.535 bits per heavy atom. The molecule has 0 fully saturated rings. The fourth-order valence-corrected chi connectivity index (χ4v) is 10.1. The number of fused-ring (bicyclic) bond motifs is 13. The average Bonchev–Trinajstić information content (AvgIpc) is 1.53. The molecule has 0 heteroatoms. The van der Waals surface area contributed by atoms with Crippen LogP contribution in [0.5, 0.6) is 0 Å². The van der Waals surface area contributed by atoms with E-state index in [2.05, 4.69) is 326 Å². The Kier molecular flexibility index (Phi) is 38.0. The molecule has 0 N–H and O–H groups in total. The van der Waals surface area contributed by atoms with Crippen molar-refractivity contribution in [2.45, 2.75) is 230 Å². The quantitative estimate of drug-likeness (QED) is 0.149. The van der Waals surface area contributed by atoms with Gasteiger partial charge in [0.25, 0.3) is 0 Å². The lowest BCUT2D eigenvalue weighted by Crippen LogP contribution is -2.28. The van der Waals surface area contributed by atoms with Crippen molar-refractivity contribution in [1.29, 1.82) is 0 Å². The summed E-state index contributed by atoms with van der Waals surface area (Å²) >= 11 is 0. The molecule has 3 aliphatic carbocycles. The molecule has 3 aliphatic rings. The fourth-order valence-electron chi connectivity index (χ4n) is 10.1. The van der Waals surface area contributed by atoms with Crippen molar-refractivity contribution in [3.8, 4) is 33.4 Å². The van der Waals surface area contributed by atoms with Crippen molar-refractivity contribution < 1.29 is 0 Å². The second kappa shape index (κ2) is 41.0. The maximum absolute atomic E-state index is 2.40. The van der Waals surface area contributed by atoms with Crippen molar-refractivity contribution in [3.05, 3.63) is 250 Å². The molecule has 0 unspecified atom stereocenters. The summed E-state index contributed by atoms with van der Waals surface area (Å²) in [6.45, 7) is 49.7. The van der Waals surface area contributed by atoms with Gasteiger partial charge in [-0.25, -0.2) is 0 Å². The molecule has 0 atom stereocenters. The van der Waals surface area contributed by atoms with Crippen LogP contribution in [0.1, 0.15) is 261 Å². The molecule has 0 aromatic heterocycles. The first kappa shape index (κ1) is 79.8. The minimum Gasteiger partial charge on any atom is -0.0776 e. The van der Waals surface area contributed by atoms with Crippen LogP contribution in [0.25, 0.3) is 33.4 Å². The molecule has 11 rings (SSSR count). The van der Waals surface area contributed by atoms with Crippen LogP contribution in [0.3, 0.4) is 0 Å². The summed E-state index contributed by atoms with van der Waals surface area (Å²) in [4.78, 5) is 0. The highest BCUT2D eigenvalue weighted by atomic mass is 14.5. The van der Waals surface area contributed by atoms with Crippen LogP contribution < -0.4 is 0 Å². The van der Waals surface area contributed by atoms with Crippen LogP contribution in [0.4, 0.5) is 0 Å². The third kappa shape index (κ3) is 21.3. The molecule has 0 aliphatic heterocycles. The summed E-state index contributed by atoms with van der Waals surface area (Å²) in [5.74, 6) is 2.60. The van der Waals surface area contributed by atoms with Gasteiger partial charge in [0.2, 0.25) is 0 Å². The first-order valence-corrected chi connectivity index (χ1v) is 33.0. The molecule has 8 aromatic rings. The smallest absolute Gasteiger partial charge is 0.0725 e. The number of hydrogen-bond donors (Lipinski definition) is 0. The van der Waals surface area contributed by atoms with Gasteiger partial charge in [0.15, 0.2) is 0 Å². The SMILES string of the molecule is C.C.CC.CC.CC(C)(C)C.CC(C)C.CCC(C)C.CCC(C)C.CCCC.CCCCC.Cc1ccc2c(c1)C(c1ccccc1)(c1ccccc1)c1ccccc1-2.Cc1ccc2c(c1)C1(c3ccccc3-c3ccccc31)c1ccccc1-2. The predicted molar refractivity (Wildman–Crippen MR) is 394 cm³/mol. The van der Waals surface area contributed by atoms with Gasteiger partial charge in [0.05, 0.1) is 10.8 Å². The van der Waals surface area contributed by atoms with E-state index in [1.54, 1.807) is 0 Å². The number of benzene rings is 8. The number of rotatable bonds is 7. The van der Waals surface area contributed by atoms with E-state index in [0.717, 1.165) is 17.8 Å². The molecule has 86 heavy (non-hydrogen) atoms. The average molecular weight is 1160 g/mol. The number of hydrogen-bond acceptors (Lipinski definition) is 0. The van der Waals surface area contributed by atoms with E-state index in [1.807, 2.05) is 27.7 Å². The highest BCUT2D eigenvalue weighted by Crippen LogP contribution is 2.63. The van der Waals surface area contributed by atoms with Gasteiger partial charge in [0.1, 0.15) is 0 Å². The van der Waals surface area contributed by atoms with Crippen LogP contribution >= 0.6 is 0 Å². The van der Waals surface area contributed by atoms with Gasteiger partial charge < -0.3 is 0 Å². The Labute approximate surface area is 533 Å². The normalized spacial score (nSPS) is 11.8. The molecule has 0 nitrogen and oxygen atoms in total. The molecule has 0 amide bonds. The topological polar surface area (TPSA) is 0 Å². The summed E-state index contributed by atoms with van der Waals surface area (Å²) < 4.78 is 0. The van der Waals surface area contributed by atoms with Gasteiger partial charge >= 0.3 is 0 Å². The van der Waals surface area contributed by atoms with E-state index >= 15 is 0 Å². The van der Waals surface area contributed by atoms with Gasteiger partial charge in [-0.2, -0.15) is 0 Å². The largest absolute Gasteiger partial charge is 0.0776 e. The molecule has 470 valence electrons. The maximum atomic E-state index is 2.40. The van der Waals surface area contributed by atoms with Crippen LogP contribution in [-0.2, 0) is 10.8 Å². The minimum absolute atomic E-state index is 0. The van der Waals surface area contributed by atoms with Crippen LogP contribution in [0.15, 0.2) is 194 Å². The highest BCUT2D eigenvalue weighted by Gasteiger charge is 2.51. The molecule has 0 saturated carbocycles. The molecule has 0 radical (unpaired) electrons. The molecular formula is C86H126. The zero-order valence-corrected chi connectivity index (χ0v) is 57.7. The fraction of sp³-hybridized carbons (Fsp3) is 0.442. The Morgan fingerprint density at radius 1 is 0.314 bits per heavy atom. The van der Waals surface area contributed by atoms with Crippen LogP contribution in [0.2, 0.25) is 0 Å². The molecule has 1 spiro atoms. The standard InChI is InChI=1S/C26H18.C26H20.4C5H12.2C4H10.2C2H6.2CH4/c1-17-14-15-21-20-10-4-7-13-24(20)26(25(21)16-17)22-11-5-2-8-18(22)19-9-3-6-12-23(19)26;1-19-16-17-23-22-14-8-9-15-24(22)26(25(23)18-19,20-10-4-2-5-11-20)21-12-6-3-7-13-21;1-5(2,3)4;2*1-4-5(2)3;1-3-5-4-2;1-4(2)3;1-3-4-2;2*1-2;;/h2-16H,1H3;2-18H,1H3;1-4H3;2*5H,4H2,1-3H3;3-5H2,1-2H3;4H,1-3H3;3-4H2,1-2H3;2*1-2H3;2*1H4. The Morgan fingerprint density at radius 3 is 0.767 bits per heavy atom. The first-order chi connectivity index (χ1) is 40.2. The molecule has 0 heterocycles. The summed E-state index contributed by atoms with van der Waals surface area (Å²) in [5, 5.41) is 0. The minimum atomic E-state index is -0.263. The predicted octanol–water partition coefficient (Wildman–Crippen LogP) is 27.8. The van der Waals surface area contributed by atoms with Gasteiger partial charge in [-0.05, 0) is 115 Å². The number of unbranched alkanes of at least 4 members (excludes halogenated alkanes) is 3. The van der Waals surface area contributed by atoms with E-state index in [0.29, 0.717) is 5.41 Å².